The van der Waals surface area contributed by atoms with Crippen molar-refractivity contribution in [1.82, 2.24) is 5.32 Å². The van der Waals surface area contributed by atoms with Crippen LogP contribution in [0.2, 0.25) is 0 Å². The Bertz CT molecular complexity index is 229. The van der Waals surface area contributed by atoms with Crippen LogP contribution in [0.25, 0.3) is 0 Å². The summed E-state index contributed by atoms with van der Waals surface area (Å²) in [5.41, 5.74) is 0. The fourth-order valence-corrected chi connectivity index (χ4v) is 1.80. The van der Waals surface area contributed by atoms with E-state index in [1.165, 1.54) is 12.8 Å². The minimum Gasteiger partial charge on any atom is -0.313 e. The van der Waals surface area contributed by atoms with E-state index in [9.17, 15) is 8.42 Å². The van der Waals surface area contributed by atoms with E-state index < -0.39 is 9.84 Å². The summed E-state index contributed by atoms with van der Waals surface area (Å²) in [6, 6.07) is 0.604. The van der Waals surface area contributed by atoms with Crippen LogP contribution in [0, 0.1) is 0 Å². The van der Waals surface area contributed by atoms with Crippen molar-refractivity contribution < 1.29 is 8.42 Å². The second-order valence-corrected chi connectivity index (χ2v) is 6.32. The predicted molar refractivity (Wildman–Crippen MR) is 49.9 cm³/mol. The monoisotopic (exact) mass is 191 g/mol. The Morgan fingerprint density at radius 1 is 1.42 bits per heavy atom. The van der Waals surface area contributed by atoms with Gasteiger partial charge in [0, 0.05) is 12.6 Å². The van der Waals surface area contributed by atoms with Crippen molar-refractivity contribution in [2.45, 2.75) is 38.0 Å². The summed E-state index contributed by atoms with van der Waals surface area (Å²) in [5.74, 6) is 0.279. The molecule has 0 atom stereocenters. The summed E-state index contributed by atoms with van der Waals surface area (Å²) in [7, 11) is -2.83. The molecule has 1 saturated carbocycles. The van der Waals surface area contributed by atoms with Crippen molar-refractivity contribution in [2.75, 3.05) is 12.3 Å². The van der Waals surface area contributed by atoms with Crippen LogP contribution in [0.5, 0.6) is 0 Å². The average molecular weight is 191 g/mol. The molecule has 0 aromatic heterocycles. The fourth-order valence-electron chi connectivity index (χ4n) is 0.928. The Hall–Kier alpha value is -0.0900. The lowest BCUT2D eigenvalue weighted by atomic mass is 10.6. The first kappa shape index (κ1) is 9.99. The Kier molecular flexibility index (Phi) is 3.12. The standard InChI is InChI=1S/C8H17NO2S/c1-7(2)12(10,11)6-5-9-8-3-4-8/h7-9H,3-6H2,1-2H3. The first-order chi connectivity index (χ1) is 5.52. The lowest BCUT2D eigenvalue weighted by Gasteiger charge is -2.07. The van der Waals surface area contributed by atoms with Gasteiger partial charge in [-0.05, 0) is 26.7 Å². The second kappa shape index (κ2) is 3.75. The van der Waals surface area contributed by atoms with E-state index in [4.69, 9.17) is 0 Å². The van der Waals surface area contributed by atoms with Crippen molar-refractivity contribution >= 4 is 9.84 Å². The smallest absolute Gasteiger partial charge is 0.153 e. The van der Waals surface area contributed by atoms with Gasteiger partial charge in [-0.15, -0.1) is 0 Å². The molecular formula is C8H17NO2S. The van der Waals surface area contributed by atoms with Gasteiger partial charge >= 0.3 is 0 Å². The van der Waals surface area contributed by atoms with E-state index in [1.54, 1.807) is 13.8 Å². The van der Waals surface area contributed by atoms with Crippen LogP contribution < -0.4 is 5.32 Å². The lowest BCUT2D eigenvalue weighted by molar-refractivity contribution is 0.582. The first-order valence-corrected chi connectivity index (χ1v) is 6.19. The molecule has 0 bridgehead atoms. The highest BCUT2D eigenvalue weighted by molar-refractivity contribution is 7.92. The number of sulfone groups is 1. The molecule has 0 saturated heterocycles. The molecule has 0 spiro atoms. The van der Waals surface area contributed by atoms with E-state index in [0.29, 0.717) is 12.6 Å². The van der Waals surface area contributed by atoms with Crippen molar-refractivity contribution in [3.63, 3.8) is 0 Å². The molecule has 1 fully saturated rings. The number of hydrogen-bond donors (Lipinski definition) is 1. The third-order valence-corrected chi connectivity index (χ3v) is 4.32. The van der Waals surface area contributed by atoms with Gasteiger partial charge in [0.25, 0.3) is 0 Å². The largest absolute Gasteiger partial charge is 0.313 e. The highest BCUT2D eigenvalue weighted by Gasteiger charge is 2.22. The van der Waals surface area contributed by atoms with Crippen molar-refractivity contribution in [2.24, 2.45) is 0 Å². The van der Waals surface area contributed by atoms with E-state index in [0.717, 1.165) is 0 Å². The van der Waals surface area contributed by atoms with E-state index in [1.807, 2.05) is 0 Å². The van der Waals surface area contributed by atoms with Crippen LogP contribution >= 0.6 is 0 Å². The third kappa shape index (κ3) is 3.11. The average Bonchev–Trinajstić information content (AvgIpc) is 2.70. The molecule has 0 aromatic rings. The second-order valence-electron chi connectivity index (χ2n) is 3.64. The van der Waals surface area contributed by atoms with Crippen LogP contribution in [0.4, 0.5) is 0 Å². The van der Waals surface area contributed by atoms with E-state index in [-0.39, 0.29) is 11.0 Å². The molecule has 0 aromatic carbocycles. The molecule has 4 heteroatoms. The van der Waals surface area contributed by atoms with Gasteiger partial charge in [0.2, 0.25) is 0 Å². The molecule has 1 rings (SSSR count). The van der Waals surface area contributed by atoms with Crippen LogP contribution in [-0.4, -0.2) is 32.0 Å². The topological polar surface area (TPSA) is 46.2 Å². The van der Waals surface area contributed by atoms with Crippen molar-refractivity contribution in [1.29, 1.82) is 0 Å². The maximum absolute atomic E-state index is 11.3. The SMILES string of the molecule is CC(C)S(=O)(=O)CCNC1CC1. The van der Waals surface area contributed by atoms with Gasteiger partial charge in [0.1, 0.15) is 0 Å². The van der Waals surface area contributed by atoms with Crippen molar-refractivity contribution in [3.05, 3.63) is 0 Å². The molecule has 0 aliphatic heterocycles. The molecule has 1 aliphatic rings. The van der Waals surface area contributed by atoms with Gasteiger partial charge in [0.05, 0.1) is 11.0 Å². The maximum Gasteiger partial charge on any atom is 0.153 e. The Morgan fingerprint density at radius 2 is 2.00 bits per heavy atom. The normalized spacial score (nSPS) is 18.6. The number of nitrogens with one attached hydrogen (secondary N) is 1. The summed E-state index contributed by atoms with van der Waals surface area (Å²) in [5, 5.41) is 2.95. The highest BCUT2D eigenvalue weighted by atomic mass is 32.2. The van der Waals surface area contributed by atoms with Gasteiger partial charge in [0.15, 0.2) is 9.84 Å². The number of hydrogen-bond acceptors (Lipinski definition) is 3. The fraction of sp³-hybridized carbons (Fsp3) is 1.00. The summed E-state index contributed by atoms with van der Waals surface area (Å²) < 4.78 is 22.6. The van der Waals surface area contributed by atoms with Gasteiger partial charge in [-0.3, -0.25) is 0 Å². The molecule has 1 N–H and O–H groups in total. The minimum absolute atomic E-state index is 0.237. The Balaban J connectivity index is 2.20. The van der Waals surface area contributed by atoms with Crippen molar-refractivity contribution in [3.8, 4) is 0 Å². The van der Waals surface area contributed by atoms with Gasteiger partial charge in [-0.1, -0.05) is 0 Å². The van der Waals surface area contributed by atoms with Crippen LogP contribution in [0.1, 0.15) is 26.7 Å². The lowest BCUT2D eigenvalue weighted by Crippen LogP contribution is -2.28. The van der Waals surface area contributed by atoms with Gasteiger partial charge in [-0.2, -0.15) is 0 Å². The van der Waals surface area contributed by atoms with Crippen LogP contribution in [0.15, 0.2) is 0 Å². The summed E-state index contributed by atoms with van der Waals surface area (Å²) in [6.07, 6.45) is 2.42. The summed E-state index contributed by atoms with van der Waals surface area (Å²) in [6.45, 7) is 4.07. The minimum atomic E-state index is -2.83. The van der Waals surface area contributed by atoms with E-state index in [2.05, 4.69) is 5.32 Å². The van der Waals surface area contributed by atoms with Crippen LogP contribution in [0.3, 0.4) is 0 Å². The number of rotatable bonds is 5. The zero-order chi connectivity index (χ0) is 9.19. The molecule has 72 valence electrons. The zero-order valence-corrected chi connectivity index (χ0v) is 8.52. The third-order valence-electron chi connectivity index (χ3n) is 2.12. The summed E-state index contributed by atoms with van der Waals surface area (Å²) >= 11 is 0. The molecule has 0 heterocycles. The van der Waals surface area contributed by atoms with Crippen LogP contribution in [-0.2, 0) is 9.84 Å². The summed E-state index contributed by atoms with van der Waals surface area (Å²) in [4.78, 5) is 0. The Morgan fingerprint density at radius 3 is 2.42 bits per heavy atom. The quantitative estimate of drug-likeness (QED) is 0.690. The maximum atomic E-state index is 11.3. The highest BCUT2D eigenvalue weighted by Crippen LogP contribution is 2.18. The van der Waals surface area contributed by atoms with E-state index >= 15 is 0 Å². The molecule has 12 heavy (non-hydrogen) atoms. The molecular weight excluding hydrogens is 174 g/mol. The Labute approximate surface area is 74.5 Å². The first-order valence-electron chi connectivity index (χ1n) is 4.47. The molecule has 0 radical (unpaired) electrons. The molecule has 0 unspecified atom stereocenters. The van der Waals surface area contributed by atoms with Gasteiger partial charge < -0.3 is 5.32 Å². The predicted octanol–water partition coefficient (Wildman–Crippen LogP) is 0.562. The van der Waals surface area contributed by atoms with Gasteiger partial charge in [-0.25, -0.2) is 8.42 Å². The molecule has 3 nitrogen and oxygen atoms in total. The molecule has 1 aliphatic carbocycles. The zero-order valence-electron chi connectivity index (χ0n) is 7.71. The molecule has 0 amide bonds.